The maximum atomic E-state index is 12.2. The number of sulfonamides is 1. The van der Waals surface area contributed by atoms with Crippen LogP contribution in [0.25, 0.3) is 0 Å². The smallest absolute Gasteiger partial charge is 0.258 e. The lowest BCUT2D eigenvalue weighted by Crippen LogP contribution is -2.38. The van der Waals surface area contributed by atoms with Gasteiger partial charge >= 0.3 is 0 Å². The third-order valence-electron chi connectivity index (χ3n) is 4.03. The summed E-state index contributed by atoms with van der Waals surface area (Å²) in [6, 6.07) is 3.20. The van der Waals surface area contributed by atoms with Crippen LogP contribution in [0.1, 0.15) is 25.3 Å². The number of rotatable bonds is 6. The highest BCUT2D eigenvalue weighted by atomic mass is 32.2. The second-order valence-corrected chi connectivity index (χ2v) is 7.15. The lowest BCUT2D eigenvalue weighted by atomic mass is 9.97. The lowest BCUT2D eigenvalue weighted by Gasteiger charge is -2.30. The zero-order valence-electron chi connectivity index (χ0n) is 12.5. The molecule has 0 bridgehead atoms. The van der Waals surface area contributed by atoms with E-state index in [1.165, 1.54) is 12.3 Å². The normalized spacial score (nSPS) is 18.0. The fourth-order valence-corrected chi connectivity index (χ4v) is 3.54. The number of nitrogens with one attached hydrogen (secondary N) is 1. The van der Waals surface area contributed by atoms with E-state index in [9.17, 15) is 8.42 Å². The fourth-order valence-electron chi connectivity index (χ4n) is 2.50. The minimum atomic E-state index is -3.52. The first-order valence-corrected chi connectivity index (χ1v) is 8.90. The van der Waals surface area contributed by atoms with Crippen molar-refractivity contribution in [2.45, 2.75) is 31.3 Å². The predicted molar refractivity (Wildman–Crippen MR) is 82.2 cm³/mol. The zero-order chi connectivity index (χ0) is 15.3. The van der Waals surface area contributed by atoms with Gasteiger partial charge in [-0.15, -0.1) is 0 Å². The maximum absolute atomic E-state index is 12.2. The molecule has 6 nitrogen and oxygen atoms in total. The Bertz CT molecular complexity index is 537. The quantitative estimate of drug-likeness (QED) is 0.801. The monoisotopic (exact) mass is 312 g/mol. The molecule has 1 aromatic heterocycles. The number of nitrogens with zero attached hydrogens (tertiary/aromatic N) is 2. The molecule has 1 saturated heterocycles. The molecule has 118 valence electrons. The molecule has 0 radical (unpaired) electrons. The van der Waals surface area contributed by atoms with Crippen molar-refractivity contribution in [3.8, 4) is 0 Å². The van der Waals surface area contributed by atoms with Crippen molar-refractivity contribution in [1.82, 2.24) is 14.6 Å². The molecule has 0 saturated carbocycles. The molecule has 3 N–H and O–H groups in total. The number of nitrogens with two attached hydrogens (primary N) is 1. The van der Waals surface area contributed by atoms with Gasteiger partial charge in [0.25, 0.3) is 10.0 Å². The molecule has 1 fully saturated rings. The molecule has 0 unspecified atom stereocenters. The van der Waals surface area contributed by atoms with E-state index in [1.54, 1.807) is 6.07 Å². The molecule has 1 aromatic rings. The Morgan fingerprint density at radius 2 is 2.10 bits per heavy atom. The number of likely N-dealkylation sites (tertiary alicyclic amines) is 1. The molecule has 0 spiro atoms. The average molecular weight is 312 g/mol. The highest BCUT2D eigenvalue weighted by molar-refractivity contribution is 7.89. The van der Waals surface area contributed by atoms with Gasteiger partial charge in [0.1, 0.15) is 0 Å². The van der Waals surface area contributed by atoms with Gasteiger partial charge in [-0.2, -0.15) is 0 Å². The molecule has 1 aliphatic rings. The van der Waals surface area contributed by atoms with E-state index in [4.69, 9.17) is 5.73 Å². The van der Waals surface area contributed by atoms with Crippen LogP contribution in [0.2, 0.25) is 0 Å². The van der Waals surface area contributed by atoms with Crippen LogP contribution in [-0.2, 0) is 16.6 Å². The van der Waals surface area contributed by atoms with E-state index in [-0.39, 0.29) is 5.03 Å². The van der Waals surface area contributed by atoms with Crippen LogP contribution in [0, 0.1) is 5.92 Å². The van der Waals surface area contributed by atoms with Gasteiger partial charge in [-0.3, -0.25) is 0 Å². The minimum Gasteiger partial charge on any atom is -0.326 e. The summed E-state index contributed by atoms with van der Waals surface area (Å²) in [5, 5.41) is 0.0608. The topological polar surface area (TPSA) is 88.3 Å². The van der Waals surface area contributed by atoms with E-state index < -0.39 is 10.0 Å². The van der Waals surface area contributed by atoms with Crippen LogP contribution in [0.4, 0.5) is 0 Å². The van der Waals surface area contributed by atoms with Crippen molar-refractivity contribution in [2.24, 2.45) is 11.7 Å². The van der Waals surface area contributed by atoms with Crippen molar-refractivity contribution >= 4 is 10.0 Å². The van der Waals surface area contributed by atoms with Gasteiger partial charge in [-0.05, 0) is 50.0 Å². The first-order chi connectivity index (χ1) is 10.0. The lowest BCUT2D eigenvalue weighted by molar-refractivity contribution is 0.193. The van der Waals surface area contributed by atoms with Gasteiger partial charge in [0, 0.05) is 19.3 Å². The van der Waals surface area contributed by atoms with Crippen LogP contribution >= 0.6 is 0 Å². The van der Waals surface area contributed by atoms with E-state index in [2.05, 4.69) is 21.5 Å². The molecule has 1 aliphatic heterocycles. The Morgan fingerprint density at radius 1 is 1.38 bits per heavy atom. The highest BCUT2D eigenvalue weighted by Gasteiger charge is 2.21. The van der Waals surface area contributed by atoms with Gasteiger partial charge < -0.3 is 10.6 Å². The first kappa shape index (κ1) is 16.4. The van der Waals surface area contributed by atoms with E-state index >= 15 is 0 Å². The zero-order valence-corrected chi connectivity index (χ0v) is 13.3. The third-order valence-corrected chi connectivity index (χ3v) is 5.36. The van der Waals surface area contributed by atoms with E-state index in [1.807, 2.05) is 0 Å². The summed E-state index contributed by atoms with van der Waals surface area (Å²) in [5.41, 5.74) is 6.30. The van der Waals surface area contributed by atoms with E-state index in [0.717, 1.165) is 38.0 Å². The molecule has 0 amide bonds. The van der Waals surface area contributed by atoms with Crippen molar-refractivity contribution in [2.75, 3.05) is 26.2 Å². The van der Waals surface area contributed by atoms with Crippen LogP contribution < -0.4 is 10.5 Å². The van der Waals surface area contributed by atoms with Crippen molar-refractivity contribution in [1.29, 1.82) is 0 Å². The van der Waals surface area contributed by atoms with Crippen molar-refractivity contribution in [3.63, 3.8) is 0 Å². The molecule has 0 atom stereocenters. The molecular weight excluding hydrogens is 288 g/mol. The Hall–Kier alpha value is -1.02. The van der Waals surface area contributed by atoms with Gasteiger partial charge in [0.2, 0.25) is 0 Å². The first-order valence-electron chi connectivity index (χ1n) is 7.42. The maximum Gasteiger partial charge on any atom is 0.258 e. The Morgan fingerprint density at radius 3 is 2.62 bits per heavy atom. The largest absolute Gasteiger partial charge is 0.326 e. The average Bonchev–Trinajstić information content (AvgIpc) is 2.53. The second-order valence-electron chi connectivity index (χ2n) is 5.44. The summed E-state index contributed by atoms with van der Waals surface area (Å²) in [6.07, 6.45) is 3.58. The summed E-state index contributed by atoms with van der Waals surface area (Å²) in [6.45, 7) is 6.16. The summed E-state index contributed by atoms with van der Waals surface area (Å²) >= 11 is 0. The minimum absolute atomic E-state index is 0.0608. The van der Waals surface area contributed by atoms with Gasteiger partial charge in [-0.25, -0.2) is 18.1 Å². The molecule has 2 rings (SSSR count). The predicted octanol–water partition coefficient (Wildman–Crippen LogP) is 0.551. The Kier molecular flexibility index (Phi) is 5.69. The summed E-state index contributed by atoms with van der Waals surface area (Å²) < 4.78 is 27.0. The highest BCUT2D eigenvalue weighted by Crippen LogP contribution is 2.17. The van der Waals surface area contributed by atoms with Gasteiger partial charge in [0.05, 0.1) is 0 Å². The second kappa shape index (κ2) is 7.31. The number of aromatic nitrogens is 1. The summed E-state index contributed by atoms with van der Waals surface area (Å²) in [5.74, 6) is 0.408. The van der Waals surface area contributed by atoms with Crippen molar-refractivity contribution in [3.05, 3.63) is 23.9 Å². The molecule has 21 heavy (non-hydrogen) atoms. The van der Waals surface area contributed by atoms with E-state index in [0.29, 0.717) is 19.0 Å². The summed E-state index contributed by atoms with van der Waals surface area (Å²) in [7, 11) is -3.52. The van der Waals surface area contributed by atoms with Crippen LogP contribution in [-0.4, -0.2) is 44.5 Å². The number of hydrogen-bond donors (Lipinski definition) is 2. The van der Waals surface area contributed by atoms with Gasteiger partial charge in [-0.1, -0.05) is 13.0 Å². The molecule has 0 aromatic carbocycles. The molecule has 7 heteroatoms. The molecular formula is C14H24N4O2S. The number of piperidine rings is 1. The molecule has 0 aliphatic carbocycles. The fraction of sp³-hybridized carbons (Fsp3) is 0.643. The Balaban J connectivity index is 1.89. The molecule has 2 heterocycles. The third kappa shape index (κ3) is 4.47. The summed E-state index contributed by atoms with van der Waals surface area (Å²) in [4.78, 5) is 6.36. The van der Waals surface area contributed by atoms with Crippen LogP contribution in [0.15, 0.2) is 23.4 Å². The van der Waals surface area contributed by atoms with Crippen LogP contribution in [0.3, 0.4) is 0 Å². The standard InChI is InChI=1S/C14H24N4O2S/c1-2-18-7-5-12(6-8-18)11-17-21(19,20)14-4-3-13(9-15)10-16-14/h3-4,10,12,17H,2,5-9,11,15H2,1H3. The van der Waals surface area contributed by atoms with Crippen LogP contribution in [0.5, 0.6) is 0 Å². The Labute approximate surface area is 126 Å². The number of hydrogen-bond acceptors (Lipinski definition) is 5. The SMILES string of the molecule is CCN1CCC(CNS(=O)(=O)c2ccc(CN)cn2)CC1. The van der Waals surface area contributed by atoms with Gasteiger partial charge in [0.15, 0.2) is 5.03 Å². The number of pyridine rings is 1. The van der Waals surface area contributed by atoms with Crippen molar-refractivity contribution < 1.29 is 8.42 Å².